The summed E-state index contributed by atoms with van der Waals surface area (Å²) in [4.78, 5) is 0. The van der Waals surface area contributed by atoms with E-state index < -0.39 is 0 Å². The molecule has 1 aromatic heterocycles. The second-order valence-corrected chi connectivity index (χ2v) is 6.51. The van der Waals surface area contributed by atoms with Crippen molar-refractivity contribution in [2.24, 2.45) is 0 Å². The molecule has 2 nitrogen and oxygen atoms in total. The summed E-state index contributed by atoms with van der Waals surface area (Å²) < 4.78 is 5.59. The average molecular weight is 320 g/mol. The molecule has 1 heterocycles. The lowest BCUT2D eigenvalue weighted by molar-refractivity contribution is 0.396. The molecule has 2 aromatic rings. The molecule has 0 bridgehead atoms. The van der Waals surface area contributed by atoms with Crippen LogP contribution in [0.2, 0.25) is 10.0 Å². The summed E-state index contributed by atoms with van der Waals surface area (Å²) >= 11 is 15.7. The monoisotopic (exact) mass is 319 g/mol. The molecule has 1 aromatic carbocycles. The van der Waals surface area contributed by atoms with Gasteiger partial charge < -0.3 is 4.52 Å². The topological polar surface area (TPSA) is 26.0 Å². The van der Waals surface area contributed by atoms with Crippen LogP contribution in [0.4, 0.5) is 0 Å². The van der Waals surface area contributed by atoms with Gasteiger partial charge >= 0.3 is 0 Å². The van der Waals surface area contributed by atoms with E-state index in [-0.39, 0.29) is 4.58 Å². The van der Waals surface area contributed by atoms with Crippen LogP contribution in [0.1, 0.15) is 10.3 Å². The Morgan fingerprint density at radius 2 is 1.78 bits per heavy atom. The van der Waals surface area contributed by atoms with Crippen molar-refractivity contribution >= 4 is 46.7 Å². The second kappa shape index (κ2) is 6.24. The average Bonchev–Trinajstić information content (AvgIpc) is 2.80. The summed E-state index contributed by atoms with van der Waals surface area (Å²) in [7, 11) is 0. The fraction of sp³-hybridized carbons (Fsp3) is 0.250. The Morgan fingerprint density at radius 1 is 1.17 bits per heavy atom. The number of halogens is 2. The second-order valence-electron chi connectivity index (χ2n) is 3.51. The third-order valence-corrected chi connectivity index (χ3v) is 5.51. The van der Waals surface area contributed by atoms with Crippen LogP contribution in [-0.4, -0.2) is 17.7 Å². The van der Waals surface area contributed by atoms with Crippen molar-refractivity contribution in [3.63, 3.8) is 0 Å². The molecule has 6 heteroatoms. The molecule has 0 fully saturated rings. The van der Waals surface area contributed by atoms with Gasteiger partial charge in [0.1, 0.15) is 10.3 Å². The van der Waals surface area contributed by atoms with E-state index in [4.69, 9.17) is 27.7 Å². The fourth-order valence-electron chi connectivity index (χ4n) is 1.59. The van der Waals surface area contributed by atoms with E-state index in [9.17, 15) is 0 Å². The molecule has 0 spiro atoms. The van der Waals surface area contributed by atoms with Gasteiger partial charge in [-0.05, 0) is 24.6 Å². The number of rotatable bonds is 4. The highest BCUT2D eigenvalue weighted by atomic mass is 35.5. The zero-order valence-corrected chi connectivity index (χ0v) is 13.0. The zero-order valence-electron chi connectivity index (χ0n) is 9.81. The number of aromatic nitrogens is 1. The molecular weight excluding hydrogens is 309 g/mol. The SMILES string of the molecule is CSC(SC)c1cc(-c2c(Cl)cccc2Cl)no1. The van der Waals surface area contributed by atoms with E-state index in [1.807, 2.05) is 24.6 Å². The van der Waals surface area contributed by atoms with Crippen molar-refractivity contribution in [1.29, 1.82) is 0 Å². The van der Waals surface area contributed by atoms with Crippen molar-refractivity contribution in [3.05, 3.63) is 40.1 Å². The molecular formula is C12H11Cl2NOS2. The summed E-state index contributed by atoms with van der Waals surface area (Å²) in [6, 6.07) is 7.28. The summed E-state index contributed by atoms with van der Waals surface area (Å²) in [6.07, 6.45) is 4.07. The normalized spacial score (nSPS) is 11.2. The van der Waals surface area contributed by atoms with Gasteiger partial charge in [0.05, 0.1) is 10.0 Å². The maximum atomic E-state index is 6.14. The fourth-order valence-corrected chi connectivity index (χ4v) is 3.64. The van der Waals surface area contributed by atoms with Gasteiger partial charge in [0.25, 0.3) is 0 Å². The van der Waals surface area contributed by atoms with Crippen molar-refractivity contribution in [2.75, 3.05) is 12.5 Å². The predicted molar refractivity (Wildman–Crippen MR) is 81.7 cm³/mol. The summed E-state index contributed by atoms with van der Waals surface area (Å²) in [6.45, 7) is 0. The third kappa shape index (κ3) is 2.82. The maximum absolute atomic E-state index is 6.14. The Labute approximate surface area is 124 Å². The third-order valence-electron chi connectivity index (χ3n) is 2.41. The zero-order chi connectivity index (χ0) is 13.1. The highest BCUT2D eigenvalue weighted by molar-refractivity contribution is 8.15. The van der Waals surface area contributed by atoms with Crippen LogP contribution in [0.5, 0.6) is 0 Å². The molecule has 2 rings (SSSR count). The van der Waals surface area contributed by atoms with Crippen molar-refractivity contribution < 1.29 is 4.52 Å². The van der Waals surface area contributed by atoms with Crippen LogP contribution in [0.3, 0.4) is 0 Å². The lowest BCUT2D eigenvalue weighted by Crippen LogP contribution is -1.83. The van der Waals surface area contributed by atoms with Gasteiger partial charge in [0.15, 0.2) is 5.76 Å². The first-order valence-corrected chi connectivity index (χ1v) is 8.47. The van der Waals surface area contributed by atoms with Crippen LogP contribution in [0, 0.1) is 0 Å². The van der Waals surface area contributed by atoms with Crippen LogP contribution in [0.15, 0.2) is 28.8 Å². The predicted octanol–water partition coefficient (Wildman–Crippen LogP) is 5.37. The summed E-state index contributed by atoms with van der Waals surface area (Å²) in [5.41, 5.74) is 1.39. The molecule has 0 radical (unpaired) electrons. The molecule has 0 aliphatic carbocycles. The van der Waals surface area contributed by atoms with E-state index in [2.05, 4.69) is 5.16 Å². The Kier molecular flexibility index (Phi) is 4.90. The van der Waals surface area contributed by atoms with Crippen LogP contribution >= 0.6 is 46.7 Å². The Balaban J connectivity index is 2.41. The van der Waals surface area contributed by atoms with E-state index in [1.165, 1.54) is 0 Å². The molecule has 0 N–H and O–H groups in total. The largest absolute Gasteiger partial charge is 0.359 e. The molecule has 0 saturated carbocycles. The lowest BCUT2D eigenvalue weighted by Gasteiger charge is -2.05. The van der Waals surface area contributed by atoms with E-state index in [0.717, 1.165) is 11.3 Å². The van der Waals surface area contributed by atoms with E-state index >= 15 is 0 Å². The highest BCUT2D eigenvalue weighted by Gasteiger charge is 2.18. The first-order valence-electron chi connectivity index (χ1n) is 5.14. The van der Waals surface area contributed by atoms with Crippen LogP contribution < -0.4 is 0 Å². The van der Waals surface area contributed by atoms with Crippen molar-refractivity contribution in [3.8, 4) is 11.3 Å². The Hall–Kier alpha value is -0.290. The standard InChI is InChI=1S/C12H11Cl2NOS2/c1-17-12(18-2)10-6-9(15-16-10)11-7(13)4-3-5-8(11)14/h3-6,12H,1-2H3. The quantitative estimate of drug-likeness (QED) is 0.707. The molecule has 0 aliphatic heterocycles. The minimum Gasteiger partial charge on any atom is -0.359 e. The van der Waals surface area contributed by atoms with E-state index in [0.29, 0.717) is 15.7 Å². The van der Waals surface area contributed by atoms with Gasteiger partial charge in [-0.2, -0.15) is 0 Å². The maximum Gasteiger partial charge on any atom is 0.160 e. The van der Waals surface area contributed by atoms with Gasteiger partial charge in [-0.3, -0.25) is 0 Å². The van der Waals surface area contributed by atoms with E-state index in [1.54, 1.807) is 35.7 Å². The number of hydrogen-bond donors (Lipinski definition) is 0. The smallest absolute Gasteiger partial charge is 0.160 e. The van der Waals surface area contributed by atoms with Gasteiger partial charge in [0.2, 0.25) is 0 Å². The summed E-state index contributed by atoms with van der Waals surface area (Å²) in [5, 5.41) is 5.21. The first-order chi connectivity index (χ1) is 8.67. The number of hydrogen-bond acceptors (Lipinski definition) is 4. The molecule has 0 aliphatic rings. The van der Waals surface area contributed by atoms with Crippen molar-refractivity contribution in [2.45, 2.75) is 4.58 Å². The van der Waals surface area contributed by atoms with Crippen molar-refractivity contribution in [1.82, 2.24) is 5.16 Å². The molecule has 0 unspecified atom stereocenters. The Morgan fingerprint density at radius 3 is 2.33 bits per heavy atom. The van der Waals surface area contributed by atoms with Gasteiger partial charge in [-0.15, -0.1) is 23.5 Å². The number of thioether (sulfide) groups is 2. The first kappa shape index (κ1) is 14.1. The molecule has 0 saturated heterocycles. The number of benzene rings is 1. The van der Waals surface area contributed by atoms with Crippen LogP contribution in [0.25, 0.3) is 11.3 Å². The van der Waals surface area contributed by atoms with Gasteiger partial charge in [0, 0.05) is 11.6 Å². The molecule has 18 heavy (non-hydrogen) atoms. The molecule has 0 atom stereocenters. The minimum absolute atomic E-state index is 0.229. The van der Waals surface area contributed by atoms with Gasteiger partial charge in [-0.25, -0.2) is 0 Å². The number of nitrogens with zero attached hydrogens (tertiary/aromatic N) is 1. The Bertz CT molecular complexity index is 520. The summed E-state index contributed by atoms with van der Waals surface area (Å²) in [5.74, 6) is 0.820. The molecule has 0 amide bonds. The van der Waals surface area contributed by atoms with Crippen LogP contribution in [-0.2, 0) is 0 Å². The highest BCUT2D eigenvalue weighted by Crippen LogP contribution is 2.40. The van der Waals surface area contributed by atoms with Gasteiger partial charge in [-0.1, -0.05) is 34.4 Å². The lowest BCUT2D eigenvalue weighted by atomic mass is 10.1. The minimum atomic E-state index is 0.229. The molecule has 96 valence electrons.